The molecule has 2 aromatic carbocycles. The summed E-state index contributed by atoms with van der Waals surface area (Å²) in [6.07, 6.45) is 0. The van der Waals surface area contributed by atoms with Crippen molar-refractivity contribution in [2.45, 2.75) is 27.3 Å². The normalized spacial score (nSPS) is 10.7. The molecule has 0 bridgehead atoms. The van der Waals surface area contributed by atoms with Crippen molar-refractivity contribution in [3.63, 3.8) is 0 Å². The molecule has 0 spiro atoms. The van der Waals surface area contributed by atoms with Crippen molar-refractivity contribution in [1.82, 2.24) is 0 Å². The predicted octanol–water partition coefficient (Wildman–Crippen LogP) is 3.13. The lowest BCUT2D eigenvalue weighted by Crippen LogP contribution is -2.34. The van der Waals surface area contributed by atoms with Crippen LogP contribution in [0.4, 0.5) is 16.5 Å². The van der Waals surface area contributed by atoms with Gasteiger partial charge in [0.2, 0.25) is 0 Å². The van der Waals surface area contributed by atoms with E-state index in [1.165, 1.54) is 17.0 Å². The quantitative estimate of drug-likeness (QED) is 0.327. The van der Waals surface area contributed by atoms with E-state index in [1.54, 1.807) is 7.11 Å². The minimum Gasteiger partial charge on any atom is -0.554 e. The topological polar surface area (TPSA) is 101 Å². The number of aliphatic hydroxyl groups excluding tert-OH is 1. The third-order valence-electron chi connectivity index (χ3n) is 4.77. The Morgan fingerprint density at radius 2 is 1.90 bits per heavy atom. The highest BCUT2D eigenvalue weighted by atomic mass is 32.1. The lowest BCUT2D eigenvalue weighted by atomic mass is 10.1. The Bertz CT molecular complexity index is 1030. The third-order valence-corrected chi connectivity index (χ3v) is 5.80. The smallest absolute Gasteiger partial charge is 0.409 e. The SMILES string of the molecule is CCN(CC)c1ccc(N=Nc2sc3cc(OC)ccc3[n+]2CCO)c(C)c1.O=C[O-]. The van der Waals surface area contributed by atoms with E-state index < -0.39 is 6.47 Å². The third kappa shape index (κ3) is 5.99. The van der Waals surface area contributed by atoms with E-state index in [1.807, 2.05) is 28.8 Å². The van der Waals surface area contributed by atoms with Crippen molar-refractivity contribution < 1.29 is 24.3 Å². The predicted molar refractivity (Wildman–Crippen MR) is 121 cm³/mol. The highest BCUT2D eigenvalue weighted by Crippen LogP contribution is 2.31. The number of fused-ring (bicyclic) bond motifs is 1. The first-order valence-corrected chi connectivity index (χ1v) is 10.8. The number of thiazole rings is 1. The van der Waals surface area contributed by atoms with Crippen LogP contribution in [0, 0.1) is 6.92 Å². The number of hydrogen-bond acceptors (Lipinski definition) is 8. The first-order valence-electron chi connectivity index (χ1n) is 9.97. The summed E-state index contributed by atoms with van der Waals surface area (Å²) in [5.41, 5.74) is 4.15. The highest BCUT2D eigenvalue weighted by molar-refractivity contribution is 7.21. The maximum absolute atomic E-state index is 9.46. The maximum Gasteiger partial charge on any atom is 0.409 e. The average Bonchev–Trinajstić information content (AvgIpc) is 3.11. The van der Waals surface area contributed by atoms with Gasteiger partial charge >= 0.3 is 5.13 Å². The number of aromatic nitrogens is 1. The van der Waals surface area contributed by atoms with Crippen molar-refractivity contribution in [2.24, 2.45) is 10.2 Å². The van der Waals surface area contributed by atoms with Crippen molar-refractivity contribution in [3.8, 4) is 5.75 Å². The molecule has 0 radical (unpaired) electrons. The van der Waals surface area contributed by atoms with Crippen molar-refractivity contribution in [3.05, 3.63) is 42.0 Å². The van der Waals surface area contributed by atoms with E-state index in [4.69, 9.17) is 14.6 Å². The van der Waals surface area contributed by atoms with Gasteiger partial charge in [0, 0.05) is 31.3 Å². The highest BCUT2D eigenvalue weighted by Gasteiger charge is 2.20. The Kier molecular flexibility index (Phi) is 9.36. The number of carboxylic acid groups (broad SMARTS) is 1. The summed E-state index contributed by atoms with van der Waals surface area (Å²) in [5.74, 6) is 0.802. The summed E-state index contributed by atoms with van der Waals surface area (Å²) in [4.78, 5) is 10.6. The Labute approximate surface area is 186 Å². The minimum absolute atomic E-state index is 0.0443. The molecule has 1 heterocycles. The molecular weight excluding hydrogens is 416 g/mol. The maximum atomic E-state index is 9.46. The van der Waals surface area contributed by atoms with E-state index in [-0.39, 0.29) is 6.61 Å². The molecule has 0 amide bonds. The number of methoxy groups -OCH3 is 1. The number of anilines is 1. The van der Waals surface area contributed by atoms with Crippen LogP contribution in [-0.4, -0.2) is 38.4 Å². The standard InChI is InChI=1S/C21H27N4O2S.CH2O2/c1-5-24(6-2)16-7-9-18(15(3)13-16)22-23-21-25(11-12-26)19-10-8-17(27-4)14-20(19)28-21;2-1-3/h7-10,13-14,26H,5-6,11-12H2,1-4H3;1H,(H,2,3)/q+1;/p-1. The number of aliphatic hydroxyl groups is 1. The van der Waals surface area contributed by atoms with Gasteiger partial charge in [-0.05, 0) is 73.1 Å². The van der Waals surface area contributed by atoms with Gasteiger partial charge < -0.3 is 24.6 Å². The number of ether oxygens (including phenoxy) is 1. The molecule has 1 aromatic heterocycles. The van der Waals surface area contributed by atoms with Gasteiger partial charge in [-0.3, -0.25) is 0 Å². The number of carbonyl (C=O) groups excluding carboxylic acids is 1. The molecule has 3 aromatic rings. The van der Waals surface area contributed by atoms with E-state index in [0.29, 0.717) is 6.54 Å². The molecule has 1 N–H and O–H groups in total. The number of hydrogen-bond donors (Lipinski definition) is 1. The van der Waals surface area contributed by atoms with Crippen molar-refractivity contribution in [2.75, 3.05) is 31.7 Å². The molecule has 0 atom stereocenters. The summed E-state index contributed by atoms with van der Waals surface area (Å²) < 4.78 is 8.36. The van der Waals surface area contributed by atoms with Crippen LogP contribution >= 0.6 is 11.3 Å². The zero-order valence-electron chi connectivity index (χ0n) is 18.2. The molecule has 8 nitrogen and oxygen atoms in total. The number of azo groups is 1. The molecule has 0 saturated heterocycles. The average molecular weight is 445 g/mol. The fourth-order valence-corrected chi connectivity index (χ4v) is 4.24. The fourth-order valence-electron chi connectivity index (χ4n) is 3.21. The zero-order valence-corrected chi connectivity index (χ0v) is 19.1. The number of nitrogens with zero attached hydrogens (tertiary/aromatic N) is 4. The molecule has 166 valence electrons. The first kappa shape index (κ1) is 24.2. The number of aryl methyl sites for hydroxylation is 1. The second kappa shape index (κ2) is 12.0. The molecule has 0 saturated carbocycles. The van der Waals surface area contributed by atoms with E-state index >= 15 is 0 Å². The van der Waals surface area contributed by atoms with Crippen LogP contribution in [-0.2, 0) is 11.3 Å². The molecular formula is C22H28N4O4S. The second-order valence-corrected chi connectivity index (χ2v) is 7.54. The Morgan fingerprint density at radius 3 is 2.48 bits per heavy atom. The second-order valence-electron chi connectivity index (χ2n) is 6.53. The monoisotopic (exact) mass is 444 g/mol. The summed E-state index contributed by atoms with van der Waals surface area (Å²) in [6, 6.07) is 12.1. The number of benzene rings is 2. The first-order chi connectivity index (χ1) is 15.0. The van der Waals surface area contributed by atoms with Crippen LogP contribution < -0.4 is 19.3 Å². The fraction of sp³-hybridized carbons (Fsp3) is 0.364. The van der Waals surface area contributed by atoms with Crippen LogP contribution in [0.1, 0.15) is 19.4 Å². The van der Waals surface area contributed by atoms with Crippen LogP contribution in [0.25, 0.3) is 10.2 Å². The van der Waals surface area contributed by atoms with Crippen LogP contribution in [0.3, 0.4) is 0 Å². The van der Waals surface area contributed by atoms with Crippen molar-refractivity contribution in [1.29, 1.82) is 0 Å². The molecule has 0 aliphatic heterocycles. The molecule has 0 unspecified atom stereocenters. The van der Waals surface area contributed by atoms with Gasteiger partial charge in [0.1, 0.15) is 23.5 Å². The summed E-state index contributed by atoms with van der Waals surface area (Å²) >= 11 is 1.54. The van der Waals surface area contributed by atoms with E-state index in [2.05, 4.69) is 48.0 Å². The van der Waals surface area contributed by atoms with Crippen LogP contribution in [0.5, 0.6) is 5.75 Å². The molecule has 0 fully saturated rings. The van der Waals surface area contributed by atoms with Gasteiger partial charge in [-0.25, -0.2) is 4.57 Å². The van der Waals surface area contributed by atoms with Gasteiger partial charge in [-0.15, -0.1) is 0 Å². The van der Waals surface area contributed by atoms with Crippen LogP contribution in [0.15, 0.2) is 46.6 Å². The summed E-state index contributed by atoms with van der Waals surface area (Å²) in [7, 11) is 1.65. The molecule has 0 aliphatic rings. The van der Waals surface area contributed by atoms with E-state index in [0.717, 1.165) is 45.4 Å². The lowest BCUT2D eigenvalue weighted by molar-refractivity contribution is -0.656. The van der Waals surface area contributed by atoms with Gasteiger partial charge in [0.05, 0.1) is 23.5 Å². The molecule has 31 heavy (non-hydrogen) atoms. The van der Waals surface area contributed by atoms with Gasteiger partial charge in [0.15, 0.2) is 0 Å². The van der Waals surface area contributed by atoms with Gasteiger partial charge in [-0.2, -0.15) is 0 Å². The Hall–Kier alpha value is -3.04. The van der Waals surface area contributed by atoms with Gasteiger partial charge in [0.25, 0.3) is 0 Å². The minimum atomic E-state index is -0.500. The van der Waals surface area contributed by atoms with E-state index in [9.17, 15) is 5.11 Å². The summed E-state index contributed by atoms with van der Waals surface area (Å²) in [5, 5.41) is 27.5. The molecule has 3 rings (SSSR count). The Balaban J connectivity index is 0.00000107. The largest absolute Gasteiger partial charge is 0.554 e. The van der Waals surface area contributed by atoms with Gasteiger partial charge in [-0.1, -0.05) is 0 Å². The summed E-state index contributed by atoms with van der Waals surface area (Å²) in [6.45, 7) is 8.33. The number of rotatable bonds is 8. The molecule has 0 aliphatic carbocycles. The number of carbonyl (C=O) groups is 1. The zero-order chi connectivity index (χ0) is 22.8. The molecule has 9 heteroatoms. The Morgan fingerprint density at radius 1 is 1.19 bits per heavy atom. The van der Waals surface area contributed by atoms with Crippen LogP contribution in [0.2, 0.25) is 0 Å². The lowest BCUT2D eigenvalue weighted by Gasteiger charge is -2.21. The van der Waals surface area contributed by atoms with Crippen molar-refractivity contribution >= 4 is 44.5 Å².